The van der Waals surface area contributed by atoms with Crippen molar-refractivity contribution in [2.45, 2.75) is 17.5 Å². The summed E-state index contributed by atoms with van der Waals surface area (Å²) in [6.45, 7) is 0.424. The molecule has 0 bridgehead atoms. The lowest BCUT2D eigenvalue weighted by Gasteiger charge is -2.13. The van der Waals surface area contributed by atoms with Gasteiger partial charge in [-0.25, -0.2) is 9.97 Å². The van der Waals surface area contributed by atoms with E-state index in [9.17, 15) is 4.79 Å². The van der Waals surface area contributed by atoms with Gasteiger partial charge < -0.3 is 9.47 Å². The van der Waals surface area contributed by atoms with Crippen molar-refractivity contribution in [3.63, 3.8) is 0 Å². The Morgan fingerprint density at radius 1 is 0.970 bits per heavy atom. The summed E-state index contributed by atoms with van der Waals surface area (Å²) in [5, 5.41) is 1.59. The number of aromatic nitrogens is 3. The first-order valence-electron chi connectivity index (χ1n) is 10.3. The standard InChI is InChI=1S/C25H21N3O3S2/c1-30-18-10-8-16(9-11-18)14-28-24(29)22-21(20-7-4-12-26-23(20)33-22)27-25(28)32-15-17-5-3-6-19(13-17)31-2/h3-13H,14-15H2,1-2H3. The fraction of sp³-hybridized carbons (Fsp3) is 0.160. The molecule has 5 rings (SSSR count). The van der Waals surface area contributed by atoms with Crippen molar-refractivity contribution >= 4 is 43.5 Å². The topological polar surface area (TPSA) is 66.2 Å². The van der Waals surface area contributed by atoms with Gasteiger partial charge in [-0.3, -0.25) is 9.36 Å². The van der Waals surface area contributed by atoms with E-state index < -0.39 is 0 Å². The van der Waals surface area contributed by atoms with Crippen LogP contribution in [0.2, 0.25) is 0 Å². The molecule has 0 saturated heterocycles. The third-order valence-electron chi connectivity index (χ3n) is 5.32. The first-order chi connectivity index (χ1) is 16.2. The van der Waals surface area contributed by atoms with Gasteiger partial charge in [0.15, 0.2) is 5.16 Å². The fourth-order valence-corrected chi connectivity index (χ4v) is 5.58. The van der Waals surface area contributed by atoms with E-state index in [1.807, 2.05) is 60.7 Å². The second-order valence-electron chi connectivity index (χ2n) is 7.41. The van der Waals surface area contributed by atoms with Gasteiger partial charge in [-0.2, -0.15) is 0 Å². The Balaban J connectivity index is 1.59. The smallest absolute Gasteiger partial charge is 0.272 e. The van der Waals surface area contributed by atoms with E-state index in [0.29, 0.717) is 27.7 Å². The highest BCUT2D eigenvalue weighted by molar-refractivity contribution is 7.98. The van der Waals surface area contributed by atoms with E-state index in [2.05, 4.69) is 4.98 Å². The zero-order valence-corrected chi connectivity index (χ0v) is 19.8. The van der Waals surface area contributed by atoms with Gasteiger partial charge in [-0.15, -0.1) is 11.3 Å². The molecule has 6 nitrogen and oxygen atoms in total. The Labute approximate surface area is 198 Å². The molecular weight excluding hydrogens is 454 g/mol. The van der Waals surface area contributed by atoms with E-state index in [0.717, 1.165) is 32.8 Å². The molecule has 8 heteroatoms. The average molecular weight is 476 g/mol. The van der Waals surface area contributed by atoms with Crippen LogP contribution in [0.3, 0.4) is 0 Å². The summed E-state index contributed by atoms with van der Waals surface area (Å²) >= 11 is 2.94. The van der Waals surface area contributed by atoms with Gasteiger partial charge in [0, 0.05) is 17.3 Å². The molecule has 3 aromatic heterocycles. The molecule has 0 atom stereocenters. The monoisotopic (exact) mass is 475 g/mol. The lowest BCUT2D eigenvalue weighted by molar-refractivity contribution is 0.414. The molecule has 0 saturated carbocycles. The number of methoxy groups -OCH3 is 2. The minimum atomic E-state index is -0.0491. The number of fused-ring (bicyclic) bond motifs is 3. The van der Waals surface area contributed by atoms with Gasteiger partial charge in [0.1, 0.15) is 21.0 Å². The molecule has 0 unspecified atom stereocenters. The second-order valence-corrected chi connectivity index (χ2v) is 9.35. The zero-order valence-electron chi connectivity index (χ0n) is 18.1. The van der Waals surface area contributed by atoms with Crippen LogP contribution in [-0.2, 0) is 12.3 Å². The van der Waals surface area contributed by atoms with Crippen molar-refractivity contribution in [1.82, 2.24) is 14.5 Å². The highest BCUT2D eigenvalue weighted by Gasteiger charge is 2.17. The van der Waals surface area contributed by atoms with Crippen LogP contribution < -0.4 is 15.0 Å². The SMILES string of the molecule is COc1ccc(Cn2c(SCc3cccc(OC)c3)nc3c(sc4ncccc43)c2=O)cc1. The molecule has 0 fully saturated rings. The molecule has 0 amide bonds. The Hall–Kier alpha value is -3.36. The Kier molecular flexibility index (Phi) is 6.02. The number of benzene rings is 2. The summed E-state index contributed by atoms with van der Waals surface area (Å²) in [7, 11) is 3.30. The number of pyridine rings is 1. The van der Waals surface area contributed by atoms with Gasteiger partial charge in [-0.05, 0) is 47.5 Å². The molecule has 0 aliphatic rings. The summed E-state index contributed by atoms with van der Waals surface area (Å²) < 4.78 is 13.0. The molecule has 2 aromatic carbocycles. The first-order valence-corrected chi connectivity index (χ1v) is 12.1. The third kappa shape index (κ3) is 4.31. The molecular formula is C25H21N3O3S2. The van der Waals surface area contributed by atoms with Crippen LogP contribution >= 0.6 is 23.1 Å². The van der Waals surface area contributed by atoms with Crippen LogP contribution in [0.4, 0.5) is 0 Å². The minimum Gasteiger partial charge on any atom is -0.497 e. The van der Waals surface area contributed by atoms with Crippen molar-refractivity contribution < 1.29 is 9.47 Å². The average Bonchev–Trinajstić information content (AvgIpc) is 3.24. The van der Waals surface area contributed by atoms with Crippen LogP contribution in [0.25, 0.3) is 20.4 Å². The quantitative estimate of drug-likeness (QED) is 0.233. The summed E-state index contributed by atoms with van der Waals surface area (Å²) in [5.74, 6) is 2.25. The van der Waals surface area contributed by atoms with Gasteiger partial charge in [0.05, 0.1) is 26.3 Å². The maximum atomic E-state index is 13.6. The summed E-state index contributed by atoms with van der Waals surface area (Å²) in [6, 6.07) is 19.5. The van der Waals surface area contributed by atoms with Gasteiger partial charge in [0.25, 0.3) is 5.56 Å². The number of ether oxygens (including phenoxy) is 2. The van der Waals surface area contributed by atoms with Gasteiger partial charge in [0.2, 0.25) is 0 Å². The molecule has 0 aliphatic heterocycles. The molecule has 0 aliphatic carbocycles. The van der Waals surface area contributed by atoms with Crippen LogP contribution in [0.5, 0.6) is 11.5 Å². The Morgan fingerprint density at radius 3 is 2.58 bits per heavy atom. The maximum absolute atomic E-state index is 13.6. The number of thioether (sulfide) groups is 1. The normalized spacial score (nSPS) is 11.2. The predicted molar refractivity (Wildman–Crippen MR) is 134 cm³/mol. The van der Waals surface area contributed by atoms with Crippen molar-refractivity contribution in [3.05, 3.63) is 88.3 Å². The van der Waals surface area contributed by atoms with E-state index >= 15 is 0 Å². The molecule has 0 radical (unpaired) electrons. The van der Waals surface area contributed by atoms with E-state index in [4.69, 9.17) is 14.5 Å². The second kappa shape index (κ2) is 9.25. The molecule has 33 heavy (non-hydrogen) atoms. The molecule has 0 N–H and O–H groups in total. The number of hydrogen-bond acceptors (Lipinski definition) is 7. The molecule has 5 aromatic rings. The summed E-state index contributed by atoms with van der Waals surface area (Å²) in [4.78, 5) is 23.8. The molecule has 166 valence electrons. The highest BCUT2D eigenvalue weighted by atomic mass is 32.2. The van der Waals surface area contributed by atoms with E-state index in [-0.39, 0.29) is 5.56 Å². The Morgan fingerprint density at radius 2 is 1.79 bits per heavy atom. The van der Waals surface area contributed by atoms with E-state index in [1.165, 1.54) is 11.3 Å². The number of hydrogen-bond donors (Lipinski definition) is 0. The van der Waals surface area contributed by atoms with Crippen LogP contribution in [-0.4, -0.2) is 28.8 Å². The van der Waals surface area contributed by atoms with Crippen LogP contribution in [0.1, 0.15) is 11.1 Å². The highest BCUT2D eigenvalue weighted by Crippen LogP contribution is 2.31. The lowest BCUT2D eigenvalue weighted by atomic mass is 10.2. The summed E-state index contributed by atoms with van der Waals surface area (Å²) in [5.41, 5.74) is 2.77. The van der Waals surface area contributed by atoms with Gasteiger partial charge in [-0.1, -0.05) is 36.0 Å². The number of nitrogens with zero attached hydrogens (tertiary/aromatic N) is 3. The van der Waals surface area contributed by atoms with Crippen molar-refractivity contribution in [2.75, 3.05) is 14.2 Å². The van der Waals surface area contributed by atoms with Crippen LogP contribution in [0.15, 0.2) is 76.8 Å². The fourth-order valence-electron chi connectivity index (χ4n) is 3.61. The van der Waals surface area contributed by atoms with Crippen molar-refractivity contribution in [2.24, 2.45) is 0 Å². The summed E-state index contributed by atoms with van der Waals surface area (Å²) in [6.07, 6.45) is 1.74. The third-order valence-corrected chi connectivity index (χ3v) is 7.46. The van der Waals surface area contributed by atoms with Crippen molar-refractivity contribution in [3.8, 4) is 11.5 Å². The number of thiophene rings is 1. The predicted octanol–water partition coefficient (Wildman–Crippen LogP) is 5.36. The van der Waals surface area contributed by atoms with Crippen molar-refractivity contribution in [1.29, 1.82) is 0 Å². The minimum absolute atomic E-state index is 0.0491. The first kappa shape index (κ1) is 21.5. The van der Waals surface area contributed by atoms with E-state index in [1.54, 1.807) is 36.7 Å². The molecule has 0 spiro atoms. The molecule has 3 heterocycles. The van der Waals surface area contributed by atoms with Crippen LogP contribution in [0, 0.1) is 0 Å². The number of rotatable bonds is 7. The Bertz CT molecular complexity index is 1490. The lowest BCUT2D eigenvalue weighted by Crippen LogP contribution is -2.23. The zero-order chi connectivity index (χ0) is 22.8. The van der Waals surface area contributed by atoms with Gasteiger partial charge >= 0.3 is 0 Å². The maximum Gasteiger partial charge on any atom is 0.272 e. The largest absolute Gasteiger partial charge is 0.497 e.